The molecule has 9 nitrogen and oxygen atoms in total. The first-order valence-corrected chi connectivity index (χ1v) is 8.66. The molecular formula is C19H20N4O5. The Hall–Kier alpha value is -3.49. The summed E-state index contributed by atoms with van der Waals surface area (Å²) in [5.74, 6) is -2.50. The number of nitrogens with zero attached hydrogens (tertiary/aromatic N) is 3. The van der Waals surface area contributed by atoms with E-state index >= 15 is 0 Å². The smallest absolute Gasteiger partial charge is 0.326 e. The molecule has 0 bridgehead atoms. The van der Waals surface area contributed by atoms with Crippen LogP contribution in [0.4, 0.5) is 5.69 Å². The molecule has 0 fully saturated rings. The Balaban J connectivity index is 1.61. The van der Waals surface area contributed by atoms with Gasteiger partial charge in [0.1, 0.15) is 6.54 Å². The van der Waals surface area contributed by atoms with Crippen LogP contribution in [-0.2, 0) is 21.4 Å². The van der Waals surface area contributed by atoms with Gasteiger partial charge in [0.15, 0.2) is 6.10 Å². The second kappa shape index (κ2) is 7.26. The van der Waals surface area contributed by atoms with Crippen LogP contribution in [0.15, 0.2) is 24.3 Å². The zero-order valence-corrected chi connectivity index (χ0v) is 16.0. The van der Waals surface area contributed by atoms with Crippen LogP contribution in [0.1, 0.15) is 39.0 Å². The van der Waals surface area contributed by atoms with Gasteiger partial charge in [0, 0.05) is 7.05 Å². The molecule has 2 aromatic rings. The molecule has 1 aromatic carbocycles. The summed E-state index contributed by atoms with van der Waals surface area (Å²) in [6.07, 6.45) is -1.11. The molecule has 0 spiro atoms. The molecule has 28 heavy (non-hydrogen) atoms. The third kappa shape index (κ3) is 3.38. The van der Waals surface area contributed by atoms with E-state index in [-0.39, 0.29) is 11.1 Å². The topological polar surface area (TPSA) is 111 Å². The fourth-order valence-corrected chi connectivity index (χ4v) is 2.98. The van der Waals surface area contributed by atoms with Crippen LogP contribution >= 0.6 is 0 Å². The number of ether oxygens (including phenoxy) is 1. The van der Waals surface area contributed by atoms with Gasteiger partial charge < -0.3 is 10.1 Å². The Morgan fingerprint density at radius 2 is 1.71 bits per heavy atom. The van der Waals surface area contributed by atoms with Crippen molar-refractivity contribution in [3.05, 3.63) is 46.8 Å². The minimum Gasteiger partial charge on any atom is -0.451 e. The third-order valence-electron chi connectivity index (χ3n) is 4.60. The summed E-state index contributed by atoms with van der Waals surface area (Å²) >= 11 is 0. The third-order valence-corrected chi connectivity index (χ3v) is 4.60. The number of carbonyl (C=O) groups is 4. The number of amides is 3. The predicted octanol–water partition coefficient (Wildman–Crippen LogP) is 1.20. The Kier molecular flexibility index (Phi) is 5.00. The lowest BCUT2D eigenvalue weighted by Crippen LogP contribution is -2.38. The van der Waals surface area contributed by atoms with Gasteiger partial charge in [0.25, 0.3) is 17.7 Å². The number of anilines is 1. The highest BCUT2D eigenvalue weighted by atomic mass is 16.5. The molecular weight excluding hydrogens is 364 g/mol. The first-order valence-electron chi connectivity index (χ1n) is 8.66. The Morgan fingerprint density at radius 1 is 1.14 bits per heavy atom. The summed E-state index contributed by atoms with van der Waals surface area (Å²) in [6.45, 7) is 4.40. The summed E-state index contributed by atoms with van der Waals surface area (Å²) in [4.78, 5) is 49.9. The van der Waals surface area contributed by atoms with E-state index in [0.717, 1.165) is 10.6 Å². The van der Waals surface area contributed by atoms with E-state index < -0.39 is 36.3 Å². The van der Waals surface area contributed by atoms with Gasteiger partial charge in [-0.25, -0.2) is 0 Å². The second-order valence-corrected chi connectivity index (χ2v) is 6.53. The normalized spacial score (nSPS) is 14.1. The van der Waals surface area contributed by atoms with E-state index in [1.165, 1.54) is 19.1 Å². The van der Waals surface area contributed by atoms with E-state index in [9.17, 15) is 19.2 Å². The minimum absolute atomic E-state index is 0.244. The molecule has 1 N–H and O–H groups in total. The van der Waals surface area contributed by atoms with E-state index in [2.05, 4.69) is 10.4 Å². The predicted molar refractivity (Wildman–Crippen MR) is 98.7 cm³/mol. The number of hydrogen-bond donors (Lipinski definition) is 1. The van der Waals surface area contributed by atoms with E-state index in [1.807, 2.05) is 0 Å². The van der Waals surface area contributed by atoms with Crippen molar-refractivity contribution in [3.8, 4) is 0 Å². The van der Waals surface area contributed by atoms with Crippen LogP contribution < -0.4 is 5.32 Å². The molecule has 2 heterocycles. The highest BCUT2D eigenvalue weighted by Gasteiger charge is 2.37. The van der Waals surface area contributed by atoms with Crippen molar-refractivity contribution < 1.29 is 23.9 Å². The van der Waals surface area contributed by atoms with Crippen molar-refractivity contribution in [1.82, 2.24) is 14.7 Å². The van der Waals surface area contributed by atoms with E-state index in [1.54, 1.807) is 37.7 Å². The number of fused-ring (bicyclic) bond motifs is 1. The molecule has 3 amide bonds. The Labute approximate surface area is 161 Å². The van der Waals surface area contributed by atoms with Gasteiger partial charge >= 0.3 is 5.97 Å². The van der Waals surface area contributed by atoms with Crippen LogP contribution in [-0.4, -0.2) is 51.0 Å². The number of benzene rings is 1. The van der Waals surface area contributed by atoms with Gasteiger partial charge in [-0.2, -0.15) is 5.10 Å². The fourth-order valence-electron chi connectivity index (χ4n) is 2.98. The molecule has 0 unspecified atom stereocenters. The van der Waals surface area contributed by atoms with Crippen LogP contribution in [0.3, 0.4) is 0 Å². The van der Waals surface area contributed by atoms with Gasteiger partial charge in [-0.1, -0.05) is 12.1 Å². The molecule has 0 saturated carbocycles. The van der Waals surface area contributed by atoms with Crippen molar-refractivity contribution in [3.63, 3.8) is 0 Å². The molecule has 1 aliphatic heterocycles. The molecule has 9 heteroatoms. The number of rotatable bonds is 5. The highest BCUT2D eigenvalue weighted by molar-refractivity contribution is 6.22. The lowest BCUT2D eigenvalue weighted by molar-refractivity contribution is -0.153. The molecule has 1 aliphatic rings. The number of carbonyl (C=O) groups excluding carboxylic acids is 4. The number of hydrogen-bond acceptors (Lipinski definition) is 6. The second-order valence-electron chi connectivity index (χ2n) is 6.53. The van der Waals surface area contributed by atoms with Crippen LogP contribution in [0, 0.1) is 13.8 Å². The largest absolute Gasteiger partial charge is 0.451 e. The first kappa shape index (κ1) is 19.3. The SMILES string of the molecule is Cc1nn(C)c(C)c1NC(=O)[C@H](C)OC(=O)CN1C(=O)c2ccccc2C1=O. The number of imide groups is 1. The summed E-state index contributed by atoms with van der Waals surface area (Å²) in [6, 6.07) is 6.33. The fraction of sp³-hybridized carbons (Fsp3) is 0.316. The summed E-state index contributed by atoms with van der Waals surface area (Å²) in [5, 5.41) is 6.88. The van der Waals surface area contributed by atoms with Crippen LogP contribution in [0.5, 0.6) is 0 Å². The van der Waals surface area contributed by atoms with Crippen molar-refractivity contribution in [1.29, 1.82) is 0 Å². The Bertz CT molecular complexity index is 959. The molecule has 1 atom stereocenters. The van der Waals surface area contributed by atoms with Crippen molar-refractivity contribution in [2.45, 2.75) is 26.9 Å². The van der Waals surface area contributed by atoms with E-state index in [0.29, 0.717) is 11.4 Å². The van der Waals surface area contributed by atoms with Gasteiger partial charge in [-0.15, -0.1) is 0 Å². The number of aryl methyl sites for hydroxylation is 2. The molecule has 3 rings (SSSR count). The summed E-state index contributed by atoms with van der Waals surface area (Å²) < 4.78 is 6.73. The molecule has 0 saturated heterocycles. The number of esters is 1. The molecule has 0 aliphatic carbocycles. The highest BCUT2D eigenvalue weighted by Crippen LogP contribution is 2.22. The first-order chi connectivity index (χ1) is 13.2. The van der Waals surface area contributed by atoms with Gasteiger partial charge in [-0.3, -0.25) is 28.8 Å². The molecule has 0 radical (unpaired) electrons. The zero-order chi connectivity index (χ0) is 20.6. The molecule has 1 aromatic heterocycles. The monoisotopic (exact) mass is 384 g/mol. The lowest BCUT2D eigenvalue weighted by Gasteiger charge is -2.17. The summed E-state index contributed by atoms with van der Waals surface area (Å²) in [5.41, 5.74) is 2.44. The zero-order valence-electron chi connectivity index (χ0n) is 16.0. The number of nitrogens with one attached hydrogen (secondary N) is 1. The number of aromatic nitrogens is 2. The van der Waals surface area contributed by atoms with Gasteiger partial charge in [0.2, 0.25) is 0 Å². The summed E-state index contributed by atoms with van der Waals surface area (Å²) in [7, 11) is 1.75. The molecule has 146 valence electrons. The van der Waals surface area contributed by atoms with Gasteiger partial charge in [0.05, 0.1) is 28.2 Å². The quantitative estimate of drug-likeness (QED) is 0.613. The maximum atomic E-state index is 12.3. The average Bonchev–Trinajstić information content (AvgIpc) is 3.04. The maximum absolute atomic E-state index is 12.3. The Morgan fingerprint density at radius 3 is 2.21 bits per heavy atom. The average molecular weight is 384 g/mol. The lowest BCUT2D eigenvalue weighted by atomic mass is 10.1. The van der Waals surface area contributed by atoms with Crippen molar-refractivity contribution >= 4 is 29.4 Å². The van der Waals surface area contributed by atoms with Crippen LogP contribution in [0.25, 0.3) is 0 Å². The van der Waals surface area contributed by atoms with E-state index in [4.69, 9.17) is 4.74 Å². The van der Waals surface area contributed by atoms with Crippen molar-refractivity contribution in [2.24, 2.45) is 7.05 Å². The maximum Gasteiger partial charge on any atom is 0.326 e. The standard InChI is InChI=1S/C19H20N4O5/c1-10-16(11(2)22(4)21-10)20-17(25)12(3)28-15(24)9-23-18(26)13-7-5-6-8-14(13)19(23)27/h5-8,12H,9H2,1-4H3,(H,20,25)/t12-/m0/s1. The van der Waals surface area contributed by atoms with Crippen molar-refractivity contribution in [2.75, 3.05) is 11.9 Å². The van der Waals surface area contributed by atoms with Gasteiger partial charge in [-0.05, 0) is 32.9 Å². The minimum atomic E-state index is -1.11. The van der Waals surface area contributed by atoms with Crippen LogP contribution in [0.2, 0.25) is 0 Å².